The molecule has 4 rings (SSSR count). The van der Waals surface area contributed by atoms with Gasteiger partial charge in [-0.25, -0.2) is 0 Å². The molecule has 147 valence electrons. The van der Waals surface area contributed by atoms with Crippen LogP contribution in [0.25, 0.3) is 0 Å². The number of fused-ring (bicyclic) bond motifs is 2. The molecule has 4 heteroatoms. The van der Waals surface area contributed by atoms with Gasteiger partial charge in [0.25, 0.3) is 0 Å². The molecule has 0 aromatic carbocycles. The molecule has 0 aliphatic heterocycles. The predicted molar refractivity (Wildman–Crippen MR) is 122 cm³/mol. The van der Waals surface area contributed by atoms with Gasteiger partial charge in [0.2, 0.25) is 0 Å². The molecule has 0 aromatic rings. The van der Waals surface area contributed by atoms with Crippen molar-refractivity contribution in [3.05, 3.63) is 47.6 Å². The minimum absolute atomic E-state index is 0. The summed E-state index contributed by atoms with van der Waals surface area (Å²) in [5.74, 6) is 1.14. The van der Waals surface area contributed by atoms with Crippen molar-refractivity contribution in [2.75, 3.05) is 0 Å². The van der Waals surface area contributed by atoms with Crippen molar-refractivity contribution in [3.8, 4) is 0 Å². The first-order valence-electron chi connectivity index (χ1n) is 10.4. The van der Waals surface area contributed by atoms with E-state index in [0.717, 1.165) is 19.2 Å². The standard InChI is InChI=1S/2C9H11.C2H7Si.2CH3.2ClH.Hf/c2*1-2-5-9-7-3-6-8(9)4-1;1-3-2;;;;;/h2*1-2,4,6,9H,3,5,7H2;3H,1-2H3;2*1H3;2*1H;. The van der Waals surface area contributed by atoms with Gasteiger partial charge in [0.05, 0.1) is 0 Å². The summed E-state index contributed by atoms with van der Waals surface area (Å²) in [7, 11) is 0. The first-order chi connectivity index (χ1) is 11.4. The molecule has 0 nitrogen and oxygen atoms in total. The third-order valence-corrected chi connectivity index (χ3v) is 78.8. The Bertz CT molecular complexity index is 609. The Hall–Kier alpha value is 0.627. The van der Waals surface area contributed by atoms with Crippen molar-refractivity contribution in [2.45, 2.75) is 68.3 Å². The van der Waals surface area contributed by atoms with Crippen molar-refractivity contribution in [1.82, 2.24) is 0 Å². The zero-order valence-electron chi connectivity index (χ0n) is 16.9. The summed E-state index contributed by atoms with van der Waals surface area (Å²) < 4.78 is 7.93. The van der Waals surface area contributed by atoms with E-state index < -0.39 is 23.7 Å². The number of hydrogen-bond acceptors (Lipinski definition) is 0. The summed E-state index contributed by atoms with van der Waals surface area (Å²) in [5.41, 5.74) is 3.82. The summed E-state index contributed by atoms with van der Waals surface area (Å²) >= 11 is -2.99. The van der Waals surface area contributed by atoms with Crippen molar-refractivity contribution in [1.29, 1.82) is 0 Å². The van der Waals surface area contributed by atoms with Gasteiger partial charge in [-0.15, -0.1) is 24.8 Å². The van der Waals surface area contributed by atoms with E-state index in [0.29, 0.717) is 0 Å². The SMILES string of the molecule is C[SiH](C)[Hf]([CH3])([CH3])([CH]1CCC2CC=CC=C21)[CH]1CCC2CC=CC=C21.Cl.Cl. The molecule has 0 N–H and O–H groups in total. The molecule has 2 fully saturated rings. The van der Waals surface area contributed by atoms with Crippen LogP contribution in [-0.2, 0) is 17.7 Å². The molecule has 4 unspecified atom stereocenters. The van der Waals surface area contributed by atoms with Crippen molar-refractivity contribution in [2.24, 2.45) is 11.8 Å². The van der Waals surface area contributed by atoms with Crippen LogP contribution >= 0.6 is 24.8 Å². The summed E-state index contributed by atoms with van der Waals surface area (Å²) in [6.45, 7) is 5.46. The van der Waals surface area contributed by atoms with Gasteiger partial charge >= 0.3 is 151 Å². The number of allylic oxidation sites excluding steroid dienone is 8. The molecule has 2 saturated carbocycles. The van der Waals surface area contributed by atoms with Gasteiger partial charge in [-0.1, -0.05) is 0 Å². The fourth-order valence-corrected chi connectivity index (χ4v) is 51.1. The normalized spacial score (nSPS) is 34.0. The molecule has 0 heterocycles. The summed E-state index contributed by atoms with van der Waals surface area (Å²) in [5, 5.41) is 0. The maximum atomic E-state index is 2.94. The van der Waals surface area contributed by atoms with Gasteiger partial charge in [0.15, 0.2) is 0 Å². The van der Waals surface area contributed by atoms with Gasteiger partial charge in [0, 0.05) is 0 Å². The number of halogens is 2. The third kappa shape index (κ3) is 3.29. The van der Waals surface area contributed by atoms with Gasteiger partial charge in [-0.2, -0.15) is 0 Å². The van der Waals surface area contributed by atoms with E-state index in [9.17, 15) is 0 Å². The number of hydrogen-bond donors (Lipinski definition) is 0. The van der Waals surface area contributed by atoms with E-state index in [-0.39, 0.29) is 24.8 Å². The van der Waals surface area contributed by atoms with Crippen molar-refractivity contribution in [3.63, 3.8) is 0 Å². The Morgan fingerprint density at radius 3 is 1.58 bits per heavy atom. The van der Waals surface area contributed by atoms with E-state index >= 15 is 0 Å². The van der Waals surface area contributed by atoms with Crippen molar-refractivity contribution >= 4 is 30.8 Å². The smallest absolute Gasteiger partial charge is 0.147 e. The molecule has 0 amide bonds. The minimum atomic E-state index is -2.99. The Balaban J connectivity index is 0.00000121. The molecule has 4 aliphatic rings. The van der Waals surface area contributed by atoms with Crippen LogP contribution in [0, 0.1) is 11.8 Å². The van der Waals surface area contributed by atoms with Gasteiger partial charge in [-0.05, 0) is 0 Å². The summed E-state index contributed by atoms with van der Waals surface area (Å²) in [6.07, 6.45) is 23.4. The fourth-order valence-electron chi connectivity index (χ4n) is 6.84. The molecule has 0 radical (unpaired) electrons. The van der Waals surface area contributed by atoms with Crippen molar-refractivity contribution < 1.29 is 17.7 Å². The van der Waals surface area contributed by atoms with Crippen LogP contribution in [0.2, 0.25) is 29.8 Å². The second-order valence-electron chi connectivity index (χ2n) is 10.2. The molecule has 26 heavy (non-hydrogen) atoms. The predicted octanol–water partition coefficient (Wildman–Crippen LogP) is 7.77. The van der Waals surface area contributed by atoms with E-state index in [1.807, 2.05) is 11.1 Å². The number of rotatable bonds is 3. The van der Waals surface area contributed by atoms with E-state index in [2.05, 4.69) is 58.9 Å². The average molecular weight is 579 g/mol. The molecule has 4 aliphatic carbocycles. The van der Waals surface area contributed by atoms with Crippen LogP contribution in [0.15, 0.2) is 47.6 Å². The maximum absolute atomic E-state index is 2.99. The topological polar surface area (TPSA) is 0 Å². The van der Waals surface area contributed by atoms with Gasteiger partial charge in [0.1, 0.15) is 0 Å². The second-order valence-corrected chi connectivity index (χ2v) is 64.5. The molecule has 0 aromatic heterocycles. The van der Waals surface area contributed by atoms with Crippen LogP contribution in [0.5, 0.6) is 0 Å². The Morgan fingerprint density at radius 1 is 0.769 bits per heavy atom. The summed E-state index contributed by atoms with van der Waals surface area (Å²) in [4.78, 5) is 0. The molecular formula is C22H37Cl2HfSi. The van der Waals surface area contributed by atoms with E-state index in [1.165, 1.54) is 38.5 Å². The Kier molecular flexibility index (Phi) is 7.20. The van der Waals surface area contributed by atoms with Crippen LogP contribution in [0.1, 0.15) is 38.5 Å². The third-order valence-electron chi connectivity index (χ3n) is 9.07. The Labute approximate surface area is 175 Å². The maximum Gasteiger partial charge on any atom is -0.147 e. The minimum Gasteiger partial charge on any atom is -0.147 e. The van der Waals surface area contributed by atoms with Gasteiger partial charge < -0.3 is 0 Å². The average Bonchev–Trinajstić information content (AvgIpc) is 3.20. The van der Waals surface area contributed by atoms with Crippen LogP contribution in [0.3, 0.4) is 0 Å². The second kappa shape index (κ2) is 8.17. The van der Waals surface area contributed by atoms with E-state index in [1.54, 1.807) is 0 Å². The molecule has 4 atom stereocenters. The van der Waals surface area contributed by atoms with Crippen LogP contribution < -0.4 is 0 Å². The Morgan fingerprint density at radius 2 is 1.19 bits per heavy atom. The first-order valence-corrected chi connectivity index (χ1v) is 30.8. The van der Waals surface area contributed by atoms with Crippen LogP contribution in [0.4, 0.5) is 0 Å². The molecular weight excluding hydrogens is 542 g/mol. The molecule has 0 bridgehead atoms. The van der Waals surface area contributed by atoms with E-state index in [4.69, 9.17) is 0 Å². The fraction of sp³-hybridized carbons (Fsp3) is 0.636. The first kappa shape index (κ1) is 22.9. The summed E-state index contributed by atoms with van der Waals surface area (Å²) in [6, 6.07) is 0. The zero-order valence-corrected chi connectivity index (χ0v) is 23.3. The molecule has 0 saturated heterocycles. The monoisotopic (exact) mass is 579 g/mol. The van der Waals surface area contributed by atoms with Crippen LogP contribution in [-0.4, -0.2) is 5.98 Å². The molecule has 0 spiro atoms. The largest absolute Gasteiger partial charge is 0.147 e. The zero-order chi connectivity index (χ0) is 17.0. The quantitative estimate of drug-likeness (QED) is 0.300. The van der Waals surface area contributed by atoms with Gasteiger partial charge in [-0.3, -0.25) is 0 Å².